The fourth-order valence-electron chi connectivity index (χ4n) is 2.32. The molecule has 1 amide bonds. The second-order valence-corrected chi connectivity index (χ2v) is 5.02. The van der Waals surface area contributed by atoms with Gasteiger partial charge in [0.05, 0.1) is 6.54 Å². The molecule has 0 fully saturated rings. The van der Waals surface area contributed by atoms with Crippen molar-refractivity contribution in [2.75, 3.05) is 31.2 Å². The standard InChI is InChI=1S/C15H21N5O/c1-10(21)20-8-7-14(18-2)13(9-20)15(17)19-12-5-3-11(16)4-6-12/h3-6,18H,7-9,16H2,1-2H3,(H2,17,19). The predicted octanol–water partition coefficient (Wildman–Crippen LogP) is 1.38. The van der Waals surface area contributed by atoms with Crippen LogP contribution in [0, 0.1) is 5.41 Å². The number of nitrogens with zero attached hydrogens (tertiary/aromatic N) is 1. The van der Waals surface area contributed by atoms with Gasteiger partial charge in [-0.05, 0) is 24.3 Å². The van der Waals surface area contributed by atoms with E-state index < -0.39 is 0 Å². The Labute approximate surface area is 124 Å². The molecule has 6 nitrogen and oxygen atoms in total. The number of hydrogen-bond donors (Lipinski definition) is 4. The number of rotatable bonds is 3. The van der Waals surface area contributed by atoms with Crippen molar-refractivity contribution in [2.45, 2.75) is 13.3 Å². The van der Waals surface area contributed by atoms with Gasteiger partial charge in [0, 0.05) is 49.6 Å². The minimum absolute atomic E-state index is 0.0305. The Morgan fingerprint density at radius 2 is 2.00 bits per heavy atom. The van der Waals surface area contributed by atoms with E-state index in [0.717, 1.165) is 23.4 Å². The maximum absolute atomic E-state index is 11.5. The van der Waals surface area contributed by atoms with Gasteiger partial charge < -0.3 is 21.3 Å². The number of carbonyl (C=O) groups excluding carboxylic acids is 1. The fraction of sp³-hybridized carbons (Fsp3) is 0.333. The van der Waals surface area contributed by atoms with Gasteiger partial charge in [-0.2, -0.15) is 0 Å². The third kappa shape index (κ3) is 3.53. The Morgan fingerprint density at radius 3 is 2.57 bits per heavy atom. The lowest BCUT2D eigenvalue weighted by Crippen LogP contribution is -2.40. The lowest BCUT2D eigenvalue weighted by atomic mass is 10.0. The minimum Gasteiger partial charge on any atom is -0.399 e. The topological polar surface area (TPSA) is 94.2 Å². The van der Waals surface area contributed by atoms with Gasteiger partial charge >= 0.3 is 0 Å². The summed E-state index contributed by atoms with van der Waals surface area (Å²) in [6.45, 7) is 2.69. The second-order valence-electron chi connectivity index (χ2n) is 5.02. The normalized spacial score (nSPS) is 14.9. The van der Waals surface area contributed by atoms with Crippen molar-refractivity contribution >= 4 is 23.1 Å². The number of amides is 1. The maximum Gasteiger partial charge on any atom is 0.219 e. The van der Waals surface area contributed by atoms with Crippen molar-refractivity contribution in [3.63, 3.8) is 0 Å². The summed E-state index contributed by atoms with van der Waals surface area (Å²) >= 11 is 0. The van der Waals surface area contributed by atoms with Gasteiger partial charge in [-0.1, -0.05) is 0 Å². The molecular weight excluding hydrogens is 266 g/mol. The van der Waals surface area contributed by atoms with E-state index in [1.165, 1.54) is 0 Å². The average molecular weight is 287 g/mol. The summed E-state index contributed by atoms with van der Waals surface area (Å²) in [5.74, 6) is 0.331. The summed E-state index contributed by atoms with van der Waals surface area (Å²) in [6, 6.07) is 7.22. The van der Waals surface area contributed by atoms with Crippen LogP contribution >= 0.6 is 0 Å². The van der Waals surface area contributed by atoms with E-state index in [1.807, 2.05) is 19.2 Å². The van der Waals surface area contributed by atoms with Crippen LogP contribution in [0.15, 0.2) is 35.5 Å². The van der Waals surface area contributed by atoms with Gasteiger partial charge in [-0.25, -0.2) is 0 Å². The summed E-state index contributed by atoms with van der Waals surface area (Å²) in [4.78, 5) is 13.3. The summed E-state index contributed by atoms with van der Waals surface area (Å²) < 4.78 is 0. The van der Waals surface area contributed by atoms with Crippen molar-refractivity contribution < 1.29 is 4.79 Å². The number of amidine groups is 1. The highest BCUT2D eigenvalue weighted by Crippen LogP contribution is 2.19. The molecule has 0 saturated carbocycles. The summed E-state index contributed by atoms with van der Waals surface area (Å²) in [7, 11) is 1.84. The highest BCUT2D eigenvalue weighted by molar-refractivity contribution is 6.07. The van der Waals surface area contributed by atoms with Crippen molar-refractivity contribution in [2.24, 2.45) is 0 Å². The SMILES string of the molecule is CNC1=C(C(=N)Nc2ccc(N)cc2)CN(C(C)=O)CC1. The molecule has 1 aromatic carbocycles. The van der Waals surface area contributed by atoms with Gasteiger partial charge in [0.2, 0.25) is 5.91 Å². The molecule has 112 valence electrons. The van der Waals surface area contributed by atoms with Gasteiger partial charge in [-0.3, -0.25) is 10.2 Å². The molecule has 0 bridgehead atoms. The Morgan fingerprint density at radius 1 is 1.33 bits per heavy atom. The molecule has 0 unspecified atom stereocenters. The molecule has 5 N–H and O–H groups in total. The molecule has 0 saturated heterocycles. The first kappa shape index (κ1) is 14.9. The Hall–Kier alpha value is -2.50. The zero-order chi connectivity index (χ0) is 15.4. The molecule has 1 aromatic rings. The Kier molecular flexibility index (Phi) is 4.47. The number of nitrogens with one attached hydrogen (secondary N) is 3. The average Bonchev–Trinajstić information content (AvgIpc) is 2.48. The van der Waals surface area contributed by atoms with Crippen LogP contribution in [0.25, 0.3) is 0 Å². The van der Waals surface area contributed by atoms with E-state index in [9.17, 15) is 4.79 Å². The van der Waals surface area contributed by atoms with Gasteiger partial charge in [0.1, 0.15) is 5.84 Å². The smallest absolute Gasteiger partial charge is 0.219 e. The molecule has 0 aliphatic carbocycles. The lowest BCUT2D eigenvalue weighted by molar-refractivity contribution is -0.128. The molecule has 21 heavy (non-hydrogen) atoms. The minimum atomic E-state index is 0.0305. The summed E-state index contributed by atoms with van der Waals surface area (Å²) in [5, 5.41) is 14.4. The number of benzene rings is 1. The molecule has 1 heterocycles. The number of nitrogens with two attached hydrogens (primary N) is 1. The van der Waals surface area contributed by atoms with E-state index in [4.69, 9.17) is 11.1 Å². The first-order valence-corrected chi connectivity index (χ1v) is 6.88. The molecule has 0 aromatic heterocycles. The van der Waals surface area contributed by atoms with Gasteiger partial charge in [0.15, 0.2) is 0 Å². The largest absolute Gasteiger partial charge is 0.399 e. The predicted molar refractivity (Wildman–Crippen MR) is 85.2 cm³/mol. The monoisotopic (exact) mass is 287 g/mol. The quantitative estimate of drug-likeness (QED) is 0.384. The van der Waals surface area contributed by atoms with Crippen LogP contribution < -0.4 is 16.4 Å². The Balaban J connectivity index is 2.16. The summed E-state index contributed by atoms with van der Waals surface area (Å²) in [5.41, 5.74) is 8.95. The lowest BCUT2D eigenvalue weighted by Gasteiger charge is -2.30. The first-order valence-electron chi connectivity index (χ1n) is 6.88. The first-order chi connectivity index (χ1) is 10.0. The highest BCUT2D eigenvalue weighted by Gasteiger charge is 2.22. The van der Waals surface area contributed by atoms with Crippen LogP contribution in [0.4, 0.5) is 11.4 Å². The van der Waals surface area contributed by atoms with Crippen LogP contribution in [0.3, 0.4) is 0 Å². The van der Waals surface area contributed by atoms with Crippen LogP contribution in [-0.4, -0.2) is 36.8 Å². The van der Waals surface area contributed by atoms with E-state index in [1.54, 1.807) is 24.0 Å². The number of hydrogen-bond acceptors (Lipinski definition) is 4. The highest BCUT2D eigenvalue weighted by atomic mass is 16.2. The van der Waals surface area contributed by atoms with E-state index in [0.29, 0.717) is 24.6 Å². The van der Waals surface area contributed by atoms with Gasteiger partial charge in [-0.15, -0.1) is 0 Å². The zero-order valence-electron chi connectivity index (χ0n) is 12.4. The number of nitrogen functional groups attached to an aromatic ring is 1. The number of anilines is 2. The molecule has 1 aliphatic rings. The van der Waals surface area contributed by atoms with Crippen molar-refractivity contribution in [1.29, 1.82) is 5.41 Å². The molecule has 1 aliphatic heterocycles. The Bertz CT molecular complexity index is 576. The summed E-state index contributed by atoms with van der Waals surface area (Å²) in [6.07, 6.45) is 0.733. The van der Waals surface area contributed by atoms with Crippen LogP contribution in [0.5, 0.6) is 0 Å². The van der Waals surface area contributed by atoms with E-state index in [-0.39, 0.29) is 5.91 Å². The van der Waals surface area contributed by atoms with Crippen molar-refractivity contribution in [3.05, 3.63) is 35.5 Å². The molecule has 0 radical (unpaired) electrons. The molecule has 6 heteroatoms. The van der Waals surface area contributed by atoms with Crippen molar-refractivity contribution in [3.8, 4) is 0 Å². The van der Waals surface area contributed by atoms with Crippen LogP contribution in [-0.2, 0) is 4.79 Å². The third-order valence-corrected chi connectivity index (χ3v) is 3.57. The molecule has 2 rings (SSSR count). The van der Waals surface area contributed by atoms with E-state index >= 15 is 0 Å². The van der Waals surface area contributed by atoms with Crippen molar-refractivity contribution in [1.82, 2.24) is 10.2 Å². The number of carbonyl (C=O) groups is 1. The molecule has 0 spiro atoms. The molecule has 0 atom stereocenters. The van der Waals surface area contributed by atoms with Crippen LogP contribution in [0.1, 0.15) is 13.3 Å². The van der Waals surface area contributed by atoms with Gasteiger partial charge in [0.25, 0.3) is 0 Å². The maximum atomic E-state index is 11.5. The van der Waals surface area contributed by atoms with E-state index in [2.05, 4.69) is 10.6 Å². The zero-order valence-corrected chi connectivity index (χ0v) is 12.4. The fourth-order valence-corrected chi connectivity index (χ4v) is 2.32. The molecular formula is C15H21N5O. The van der Waals surface area contributed by atoms with Crippen LogP contribution in [0.2, 0.25) is 0 Å². The second kappa shape index (κ2) is 6.30. The third-order valence-electron chi connectivity index (χ3n) is 3.57.